The van der Waals surface area contributed by atoms with Gasteiger partial charge in [-0.05, 0) is 50.2 Å². The maximum absolute atomic E-state index is 16.8. The molecule has 4 atom stereocenters. The number of rotatable bonds is 6. The third-order valence-corrected chi connectivity index (χ3v) is 11.4. The van der Waals surface area contributed by atoms with Crippen molar-refractivity contribution in [1.82, 2.24) is 29.7 Å². The maximum Gasteiger partial charge on any atom is 0.319 e. The minimum absolute atomic E-state index is 0.00972. The van der Waals surface area contributed by atoms with Gasteiger partial charge < -0.3 is 19.3 Å². The van der Waals surface area contributed by atoms with Crippen LogP contribution in [0.15, 0.2) is 42.6 Å². The molecule has 0 radical (unpaired) electrons. The SMILES string of the molecule is CN1CCOCC1C#CC(=O)N1CC[C@@H](N(C)c2nc(OC[C@@]34CCCN3C[C@H](F)C4)nc3c(F)c(-c4cccc5cccc(Cl)c45)ncc23)C1. The van der Waals surface area contributed by atoms with Crippen molar-refractivity contribution in [3.8, 4) is 29.1 Å². The van der Waals surface area contributed by atoms with Crippen LogP contribution in [-0.4, -0.2) is 126 Å². The second-order valence-electron chi connectivity index (χ2n) is 14.2. The van der Waals surface area contributed by atoms with Crippen LogP contribution in [0.2, 0.25) is 5.02 Å². The van der Waals surface area contributed by atoms with Crippen molar-refractivity contribution in [2.75, 3.05) is 71.5 Å². The topological polar surface area (TPSA) is 87.2 Å². The molecule has 0 saturated carbocycles. The standard InChI is InChI=1S/C38H40ClF2N7O3/c1-45-16-17-50-22-27(45)10-11-31(49)47-15-12-26(21-47)46(2)36-29-19-42-34(28-8-3-6-24-7-4-9-30(39)32(24)28)33(41)35(29)43-37(44-36)51-23-38-13-5-14-48(38)20-25(40)18-38/h3-4,6-9,19,25-27H,5,12-18,20-23H2,1-2H3/t25-,26-,27?,38+/m1/s1. The van der Waals surface area contributed by atoms with Crippen LogP contribution >= 0.6 is 11.6 Å². The fourth-order valence-corrected chi connectivity index (χ4v) is 8.44. The number of halogens is 3. The van der Waals surface area contributed by atoms with E-state index in [1.54, 1.807) is 23.2 Å². The Morgan fingerprint density at radius 1 is 1.18 bits per heavy atom. The first-order chi connectivity index (χ1) is 24.7. The van der Waals surface area contributed by atoms with Crippen LogP contribution < -0.4 is 9.64 Å². The molecule has 6 heterocycles. The van der Waals surface area contributed by atoms with Crippen LogP contribution in [0.3, 0.4) is 0 Å². The number of amides is 1. The summed E-state index contributed by atoms with van der Waals surface area (Å²) in [7, 11) is 3.85. The summed E-state index contributed by atoms with van der Waals surface area (Å²) in [6.07, 6.45) is 3.50. The Hall–Kier alpha value is -4.15. The summed E-state index contributed by atoms with van der Waals surface area (Å²) in [4.78, 5) is 35.1. The second-order valence-corrected chi connectivity index (χ2v) is 14.6. The molecule has 13 heteroatoms. The molecule has 4 saturated heterocycles. The van der Waals surface area contributed by atoms with Gasteiger partial charge in [0.15, 0.2) is 5.82 Å². The lowest BCUT2D eigenvalue weighted by Gasteiger charge is -2.31. The minimum atomic E-state index is -0.915. The highest BCUT2D eigenvalue weighted by Crippen LogP contribution is 2.41. The van der Waals surface area contributed by atoms with E-state index in [-0.39, 0.29) is 41.8 Å². The zero-order valence-corrected chi connectivity index (χ0v) is 29.5. The lowest BCUT2D eigenvalue weighted by Crippen LogP contribution is -2.43. The van der Waals surface area contributed by atoms with Gasteiger partial charge in [-0.2, -0.15) is 9.97 Å². The average Bonchev–Trinajstić information content (AvgIpc) is 3.85. The molecule has 0 spiro atoms. The lowest BCUT2D eigenvalue weighted by molar-refractivity contribution is -0.124. The molecule has 0 aliphatic carbocycles. The molecule has 1 amide bonds. The van der Waals surface area contributed by atoms with E-state index in [1.165, 1.54) is 0 Å². The summed E-state index contributed by atoms with van der Waals surface area (Å²) in [6.45, 7) is 4.24. The Balaban J connectivity index is 1.13. The van der Waals surface area contributed by atoms with Crippen molar-refractivity contribution in [2.24, 2.45) is 0 Å². The van der Waals surface area contributed by atoms with Crippen molar-refractivity contribution in [2.45, 2.75) is 49.5 Å². The van der Waals surface area contributed by atoms with Gasteiger partial charge in [0, 0.05) is 67.9 Å². The van der Waals surface area contributed by atoms with Crippen LogP contribution in [0.25, 0.3) is 32.9 Å². The zero-order valence-electron chi connectivity index (χ0n) is 28.7. The van der Waals surface area contributed by atoms with Crippen molar-refractivity contribution < 1.29 is 23.0 Å². The van der Waals surface area contributed by atoms with Gasteiger partial charge in [0.2, 0.25) is 0 Å². The van der Waals surface area contributed by atoms with Crippen LogP contribution in [0, 0.1) is 17.7 Å². The summed E-state index contributed by atoms with van der Waals surface area (Å²) in [5.41, 5.74) is 0.284. The number of likely N-dealkylation sites (N-methyl/N-ethyl adjacent to an activating group) is 2. The first-order valence-corrected chi connectivity index (χ1v) is 18.0. The van der Waals surface area contributed by atoms with Crippen molar-refractivity contribution in [3.63, 3.8) is 0 Å². The van der Waals surface area contributed by atoms with Crippen molar-refractivity contribution >= 4 is 45.0 Å². The van der Waals surface area contributed by atoms with Gasteiger partial charge in [0.25, 0.3) is 5.91 Å². The normalized spacial score (nSPS) is 25.3. The number of aromatic nitrogens is 3. The van der Waals surface area contributed by atoms with Gasteiger partial charge in [-0.25, -0.2) is 8.78 Å². The van der Waals surface area contributed by atoms with Crippen LogP contribution in [0.4, 0.5) is 14.6 Å². The highest BCUT2D eigenvalue weighted by atomic mass is 35.5. The number of anilines is 1. The number of pyridine rings is 1. The van der Waals surface area contributed by atoms with Gasteiger partial charge in [-0.3, -0.25) is 19.6 Å². The minimum Gasteiger partial charge on any atom is -0.461 e. The van der Waals surface area contributed by atoms with Gasteiger partial charge in [-0.15, -0.1) is 0 Å². The summed E-state index contributed by atoms with van der Waals surface area (Å²) < 4.78 is 43.2. The third-order valence-electron chi connectivity index (χ3n) is 11.1. The van der Waals surface area contributed by atoms with E-state index in [1.807, 2.05) is 43.3 Å². The molecule has 4 fully saturated rings. The summed E-state index contributed by atoms with van der Waals surface area (Å²) in [5.74, 6) is 5.47. The molecule has 2 aromatic carbocycles. The molecular formula is C38H40ClF2N7O3. The van der Waals surface area contributed by atoms with E-state index in [9.17, 15) is 9.18 Å². The van der Waals surface area contributed by atoms with Gasteiger partial charge in [0.1, 0.15) is 29.8 Å². The highest BCUT2D eigenvalue weighted by molar-refractivity contribution is 6.36. The first-order valence-electron chi connectivity index (χ1n) is 17.6. The summed E-state index contributed by atoms with van der Waals surface area (Å²) in [5, 5.41) is 2.45. The number of hydrogen-bond donors (Lipinski definition) is 0. The third kappa shape index (κ3) is 6.35. The molecule has 51 heavy (non-hydrogen) atoms. The number of alkyl halides is 1. The van der Waals surface area contributed by atoms with Crippen LogP contribution in [0.1, 0.15) is 25.7 Å². The molecule has 2 aromatic heterocycles. The van der Waals surface area contributed by atoms with Crippen molar-refractivity contribution in [1.29, 1.82) is 0 Å². The molecule has 0 N–H and O–H groups in total. The average molecular weight is 716 g/mol. The predicted octanol–water partition coefficient (Wildman–Crippen LogP) is 4.96. The smallest absolute Gasteiger partial charge is 0.319 e. The molecule has 4 aliphatic heterocycles. The number of fused-ring (bicyclic) bond motifs is 3. The van der Waals surface area contributed by atoms with Gasteiger partial charge in [-0.1, -0.05) is 47.9 Å². The number of ether oxygens (including phenoxy) is 2. The number of carbonyl (C=O) groups excluding carboxylic acids is 1. The zero-order chi connectivity index (χ0) is 35.3. The number of carbonyl (C=O) groups is 1. The number of nitrogens with zero attached hydrogens (tertiary/aromatic N) is 7. The highest BCUT2D eigenvalue weighted by Gasteiger charge is 2.49. The van der Waals surface area contributed by atoms with E-state index in [0.29, 0.717) is 72.9 Å². The van der Waals surface area contributed by atoms with E-state index >= 15 is 4.39 Å². The molecule has 1 unspecified atom stereocenters. The number of likely N-dealkylation sites (tertiary alicyclic amines) is 1. The van der Waals surface area contributed by atoms with Crippen LogP contribution in [-0.2, 0) is 9.53 Å². The Morgan fingerprint density at radius 2 is 2.02 bits per heavy atom. The largest absolute Gasteiger partial charge is 0.461 e. The number of hydrogen-bond acceptors (Lipinski definition) is 9. The molecule has 0 bridgehead atoms. The van der Waals surface area contributed by atoms with Crippen LogP contribution in [0.5, 0.6) is 6.01 Å². The lowest BCUT2D eigenvalue weighted by atomic mass is 9.95. The summed E-state index contributed by atoms with van der Waals surface area (Å²) >= 11 is 6.63. The van der Waals surface area contributed by atoms with E-state index in [0.717, 1.165) is 31.3 Å². The second kappa shape index (κ2) is 13.8. The quantitative estimate of drug-likeness (QED) is 0.257. The van der Waals surface area contributed by atoms with E-state index in [2.05, 4.69) is 31.6 Å². The van der Waals surface area contributed by atoms with E-state index in [4.69, 9.17) is 26.1 Å². The Bertz CT molecular complexity index is 2050. The summed E-state index contributed by atoms with van der Waals surface area (Å²) in [6, 6.07) is 10.9. The van der Waals surface area contributed by atoms with E-state index < -0.39 is 17.5 Å². The van der Waals surface area contributed by atoms with Gasteiger partial charge >= 0.3 is 6.01 Å². The fraction of sp³-hybridized carbons (Fsp3) is 0.474. The molecular weight excluding hydrogens is 676 g/mol. The fourth-order valence-electron chi connectivity index (χ4n) is 8.16. The molecule has 8 rings (SSSR count). The van der Waals surface area contributed by atoms with Gasteiger partial charge in [0.05, 0.1) is 30.2 Å². The molecule has 4 aromatic rings. The maximum atomic E-state index is 16.8. The molecule has 4 aliphatic rings. The Morgan fingerprint density at radius 3 is 2.86 bits per heavy atom. The van der Waals surface area contributed by atoms with Crippen molar-refractivity contribution in [3.05, 3.63) is 53.4 Å². The Labute approximate surface area is 300 Å². The number of morpholine rings is 1. The number of benzene rings is 2. The predicted molar refractivity (Wildman–Crippen MR) is 192 cm³/mol. The first kappa shape index (κ1) is 34.0. The molecule has 266 valence electrons. The monoisotopic (exact) mass is 715 g/mol. The Kier molecular flexibility index (Phi) is 9.17. The molecule has 10 nitrogen and oxygen atoms in total.